The Morgan fingerprint density at radius 2 is 2.42 bits per heavy atom. The van der Waals surface area contributed by atoms with Crippen molar-refractivity contribution in [1.82, 2.24) is 0 Å². The lowest BCUT2D eigenvalue weighted by atomic mass is 10.00. The highest BCUT2D eigenvalue weighted by atomic mass is 16.3. The molecule has 0 aromatic carbocycles. The number of allylic oxidation sites excluding steroid dienone is 2. The molecule has 12 heavy (non-hydrogen) atoms. The summed E-state index contributed by atoms with van der Waals surface area (Å²) in [4.78, 5) is 0. The van der Waals surface area contributed by atoms with Gasteiger partial charge in [0.1, 0.15) is 0 Å². The molecule has 0 aromatic heterocycles. The molecular weight excluding hydrogens is 148 g/mol. The van der Waals surface area contributed by atoms with Crippen molar-refractivity contribution < 1.29 is 5.11 Å². The highest BCUT2D eigenvalue weighted by molar-refractivity contribution is 5.37. The third kappa shape index (κ3) is 2.94. The second kappa shape index (κ2) is 4.79. The van der Waals surface area contributed by atoms with E-state index in [0.29, 0.717) is 5.57 Å². The van der Waals surface area contributed by atoms with Gasteiger partial charge < -0.3 is 5.11 Å². The zero-order valence-electron chi connectivity index (χ0n) is 7.27. The van der Waals surface area contributed by atoms with Gasteiger partial charge in [0.25, 0.3) is 0 Å². The lowest BCUT2D eigenvalue weighted by Crippen LogP contribution is -1.89. The Bertz CT molecular complexity index is 250. The minimum absolute atomic E-state index is 0.0275. The van der Waals surface area contributed by atoms with Gasteiger partial charge in [-0.15, -0.1) is 0 Å². The molecule has 0 saturated carbocycles. The van der Waals surface area contributed by atoms with Gasteiger partial charge in [-0.1, -0.05) is 24.5 Å². The first-order chi connectivity index (χ1) is 5.83. The molecule has 0 atom stereocenters. The summed E-state index contributed by atoms with van der Waals surface area (Å²) in [6, 6.07) is 0. The van der Waals surface area contributed by atoms with Crippen LogP contribution in [0, 0.1) is 11.8 Å². The first-order valence-corrected chi connectivity index (χ1v) is 4.32. The summed E-state index contributed by atoms with van der Waals surface area (Å²) in [6.45, 7) is 3.58. The maximum Gasteiger partial charge on any atom is 0.0754 e. The first kappa shape index (κ1) is 9.09. The summed E-state index contributed by atoms with van der Waals surface area (Å²) < 4.78 is 0. The van der Waals surface area contributed by atoms with Crippen LogP contribution in [-0.4, -0.2) is 11.7 Å². The first-order valence-electron chi connectivity index (χ1n) is 4.32. The zero-order valence-corrected chi connectivity index (χ0v) is 7.27. The van der Waals surface area contributed by atoms with E-state index in [1.807, 2.05) is 0 Å². The lowest BCUT2D eigenvalue weighted by molar-refractivity contribution is 0.336. The van der Waals surface area contributed by atoms with Gasteiger partial charge in [-0.2, -0.15) is 0 Å². The molecular formula is C11H14O. The van der Waals surface area contributed by atoms with Crippen molar-refractivity contribution in [2.24, 2.45) is 0 Å². The largest absolute Gasteiger partial charge is 0.391 e. The quantitative estimate of drug-likeness (QED) is 0.585. The van der Waals surface area contributed by atoms with Gasteiger partial charge in [-0.3, -0.25) is 0 Å². The summed E-state index contributed by atoms with van der Waals surface area (Å²) in [5, 5.41) is 8.64. The molecule has 0 saturated heterocycles. The zero-order chi connectivity index (χ0) is 8.81. The maximum atomic E-state index is 8.64. The third-order valence-corrected chi connectivity index (χ3v) is 1.88. The fourth-order valence-electron chi connectivity index (χ4n) is 1.16. The molecule has 0 fully saturated rings. The second-order valence-electron chi connectivity index (χ2n) is 2.99. The lowest BCUT2D eigenvalue weighted by Gasteiger charge is -2.05. The molecule has 64 valence electrons. The van der Waals surface area contributed by atoms with Gasteiger partial charge >= 0.3 is 0 Å². The minimum Gasteiger partial charge on any atom is -0.391 e. The topological polar surface area (TPSA) is 20.2 Å². The second-order valence-corrected chi connectivity index (χ2v) is 2.99. The van der Waals surface area contributed by atoms with E-state index in [-0.39, 0.29) is 6.61 Å². The molecule has 1 aliphatic rings. The van der Waals surface area contributed by atoms with Crippen LogP contribution in [0.15, 0.2) is 23.8 Å². The molecule has 0 spiro atoms. The fraction of sp³-hybridized carbons (Fsp3) is 0.455. The molecule has 1 nitrogen and oxygen atoms in total. The van der Waals surface area contributed by atoms with E-state index in [0.717, 1.165) is 12.8 Å². The Hall–Kier alpha value is -1.00. The van der Waals surface area contributed by atoms with E-state index >= 15 is 0 Å². The Labute approximate surface area is 73.8 Å². The van der Waals surface area contributed by atoms with E-state index in [4.69, 9.17) is 5.11 Å². The van der Waals surface area contributed by atoms with Gasteiger partial charge in [0, 0.05) is 5.57 Å². The molecule has 1 aliphatic carbocycles. The number of hydrogen-bond acceptors (Lipinski definition) is 1. The smallest absolute Gasteiger partial charge is 0.0754 e. The van der Waals surface area contributed by atoms with Crippen molar-refractivity contribution >= 4 is 0 Å². The predicted molar refractivity (Wildman–Crippen MR) is 50.6 cm³/mol. The van der Waals surface area contributed by atoms with Crippen LogP contribution >= 0.6 is 0 Å². The van der Waals surface area contributed by atoms with Gasteiger partial charge in [-0.05, 0) is 31.3 Å². The van der Waals surface area contributed by atoms with Crippen molar-refractivity contribution in [2.75, 3.05) is 6.61 Å². The molecule has 1 N–H and O–H groups in total. The summed E-state index contributed by atoms with van der Waals surface area (Å²) in [6.07, 6.45) is 6.95. The highest BCUT2D eigenvalue weighted by Crippen LogP contribution is 2.16. The Kier molecular flexibility index (Phi) is 3.63. The van der Waals surface area contributed by atoms with Crippen molar-refractivity contribution in [3.05, 3.63) is 23.8 Å². The number of aliphatic hydroxyl groups excluding tert-OH is 1. The Balaban J connectivity index is 2.52. The molecule has 0 aliphatic heterocycles. The third-order valence-electron chi connectivity index (χ3n) is 1.88. The molecule has 0 bridgehead atoms. The van der Waals surface area contributed by atoms with Crippen LogP contribution < -0.4 is 0 Å². The molecule has 1 rings (SSSR count). The van der Waals surface area contributed by atoms with E-state index in [1.54, 1.807) is 0 Å². The van der Waals surface area contributed by atoms with Crippen LogP contribution in [0.3, 0.4) is 0 Å². The van der Waals surface area contributed by atoms with Gasteiger partial charge in [0.2, 0.25) is 0 Å². The molecule has 1 heteroatoms. The molecule has 0 aromatic rings. The number of rotatable bonds is 1. The summed E-state index contributed by atoms with van der Waals surface area (Å²) >= 11 is 0. The maximum absolute atomic E-state index is 8.64. The van der Waals surface area contributed by atoms with Crippen LogP contribution in [0.1, 0.15) is 25.7 Å². The Morgan fingerprint density at radius 1 is 1.58 bits per heavy atom. The summed E-state index contributed by atoms with van der Waals surface area (Å²) in [5.74, 6) is 5.86. The van der Waals surface area contributed by atoms with Crippen molar-refractivity contribution in [3.63, 3.8) is 0 Å². The molecule has 0 heterocycles. The fourth-order valence-corrected chi connectivity index (χ4v) is 1.16. The molecule has 0 amide bonds. The van der Waals surface area contributed by atoms with Crippen molar-refractivity contribution in [3.8, 4) is 11.8 Å². The van der Waals surface area contributed by atoms with E-state index in [9.17, 15) is 0 Å². The highest BCUT2D eigenvalue weighted by Gasteiger charge is 1.99. The summed E-state index contributed by atoms with van der Waals surface area (Å²) in [5.41, 5.74) is 1.80. The average molecular weight is 162 g/mol. The SMILES string of the molecule is C=C(C#CC1=CCCCC1)CO. The van der Waals surface area contributed by atoms with Crippen molar-refractivity contribution in [2.45, 2.75) is 25.7 Å². The van der Waals surface area contributed by atoms with Crippen LogP contribution in [0.25, 0.3) is 0 Å². The van der Waals surface area contributed by atoms with Gasteiger partial charge in [-0.25, -0.2) is 0 Å². The van der Waals surface area contributed by atoms with Crippen LogP contribution in [0.2, 0.25) is 0 Å². The Morgan fingerprint density at radius 3 is 3.00 bits per heavy atom. The molecule has 0 radical (unpaired) electrons. The van der Waals surface area contributed by atoms with E-state index in [1.165, 1.54) is 18.4 Å². The van der Waals surface area contributed by atoms with Crippen LogP contribution in [0.5, 0.6) is 0 Å². The van der Waals surface area contributed by atoms with Crippen LogP contribution in [-0.2, 0) is 0 Å². The monoisotopic (exact) mass is 162 g/mol. The van der Waals surface area contributed by atoms with Crippen molar-refractivity contribution in [1.29, 1.82) is 0 Å². The van der Waals surface area contributed by atoms with Crippen LogP contribution in [0.4, 0.5) is 0 Å². The normalized spacial score (nSPS) is 15.9. The average Bonchev–Trinajstić information content (AvgIpc) is 2.16. The van der Waals surface area contributed by atoms with E-state index < -0.39 is 0 Å². The minimum atomic E-state index is -0.0275. The standard InChI is InChI=1S/C11H14O/c1-10(9-12)7-8-11-5-3-2-4-6-11/h5,12H,1-4,6,9H2. The van der Waals surface area contributed by atoms with Gasteiger partial charge in [0.15, 0.2) is 0 Å². The number of aliphatic hydroxyl groups is 1. The predicted octanol–water partition coefficient (Wildman–Crippen LogP) is 2.04. The van der Waals surface area contributed by atoms with E-state index in [2.05, 4.69) is 24.5 Å². The number of hydrogen-bond donors (Lipinski definition) is 1. The van der Waals surface area contributed by atoms with Gasteiger partial charge in [0.05, 0.1) is 6.61 Å². The molecule has 0 unspecified atom stereocenters. The summed E-state index contributed by atoms with van der Waals surface area (Å²) in [7, 11) is 0.